The molecule has 4 saturated heterocycles. The molecule has 0 spiro atoms. The van der Waals surface area contributed by atoms with Crippen LogP contribution < -0.4 is 25.4 Å². The van der Waals surface area contributed by atoms with Gasteiger partial charge in [-0.25, -0.2) is 18.2 Å². The van der Waals surface area contributed by atoms with Crippen LogP contribution in [0.4, 0.5) is 37.8 Å². The van der Waals surface area contributed by atoms with Crippen molar-refractivity contribution in [1.29, 1.82) is 0 Å². The molecule has 9 nitrogen and oxygen atoms in total. The zero-order chi connectivity index (χ0) is 32.3. The minimum atomic E-state index is -5.19. The number of ether oxygens (including phenoxy) is 2. The van der Waals surface area contributed by atoms with Crippen molar-refractivity contribution in [3.05, 3.63) is 28.3 Å². The Labute approximate surface area is 264 Å². The fourth-order valence-electron chi connectivity index (χ4n) is 8.29. The Bertz CT molecular complexity index is 1760. The second kappa shape index (κ2) is 10.3. The molecule has 3 aromatic rings. The number of halogens is 7. The highest BCUT2D eigenvalue weighted by molar-refractivity contribution is 6.32. The van der Waals surface area contributed by atoms with Gasteiger partial charge in [-0.1, -0.05) is 11.6 Å². The topological polar surface area (TPSA) is 102 Å². The van der Waals surface area contributed by atoms with E-state index in [-0.39, 0.29) is 59.8 Å². The molecular formula is C30H30ClF6N7O2. The third-order valence-corrected chi connectivity index (χ3v) is 10.6. The summed E-state index contributed by atoms with van der Waals surface area (Å²) in [4.78, 5) is 17.4. The molecule has 0 unspecified atom stereocenters. The third-order valence-electron chi connectivity index (χ3n) is 10.2. The van der Waals surface area contributed by atoms with Gasteiger partial charge in [0.25, 0.3) is 0 Å². The van der Waals surface area contributed by atoms with Crippen LogP contribution in [0.3, 0.4) is 0 Å². The summed E-state index contributed by atoms with van der Waals surface area (Å²) in [6.07, 6.45) is -3.12. The van der Waals surface area contributed by atoms with Gasteiger partial charge >= 0.3 is 12.2 Å². The SMILES string of the molecule is C[C@@H]1Oc2nc(-c3cc(N)c(F)c(Cl)c3C(F)(F)F)c(F)c3nc(OC[C@@]45CCCN4C[C@H](F)C5)nc(c23)N2C[C@H]3CC[C@H](N3)[C@@H]12. The van der Waals surface area contributed by atoms with E-state index in [0.717, 1.165) is 25.8 Å². The van der Waals surface area contributed by atoms with Gasteiger partial charge in [-0.3, -0.25) is 4.90 Å². The quantitative estimate of drug-likeness (QED) is 0.284. The summed E-state index contributed by atoms with van der Waals surface area (Å²) in [5.74, 6) is -2.62. The Morgan fingerprint density at radius 1 is 1.17 bits per heavy atom. The third kappa shape index (κ3) is 4.48. The maximum Gasteiger partial charge on any atom is 0.418 e. The zero-order valence-electron chi connectivity index (χ0n) is 24.6. The summed E-state index contributed by atoms with van der Waals surface area (Å²) in [6, 6.07) is 0.297. The van der Waals surface area contributed by atoms with Crippen LogP contribution in [0.25, 0.3) is 22.2 Å². The molecule has 7 heterocycles. The first-order valence-corrected chi connectivity index (χ1v) is 15.7. The number of fused-ring (bicyclic) bond motifs is 6. The van der Waals surface area contributed by atoms with E-state index in [2.05, 4.69) is 20.2 Å². The molecule has 0 aliphatic carbocycles. The average molecular weight is 670 g/mol. The van der Waals surface area contributed by atoms with Crippen LogP contribution in [0.1, 0.15) is 44.6 Å². The minimum absolute atomic E-state index is 0.000196. The molecule has 0 saturated carbocycles. The van der Waals surface area contributed by atoms with E-state index in [9.17, 15) is 22.0 Å². The largest absolute Gasteiger partial charge is 0.472 e. The van der Waals surface area contributed by atoms with Crippen molar-refractivity contribution in [1.82, 2.24) is 25.2 Å². The second-order valence-electron chi connectivity index (χ2n) is 13.0. The first kappa shape index (κ1) is 30.1. The monoisotopic (exact) mass is 669 g/mol. The molecule has 0 amide bonds. The molecule has 3 N–H and O–H groups in total. The van der Waals surface area contributed by atoms with E-state index in [1.54, 1.807) is 6.92 Å². The van der Waals surface area contributed by atoms with Crippen LogP contribution in [-0.2, 0) is 6.18 Å². The van der Waals surface area contributed by atoms with Crippen LogP contribution in [0.5, 0.6) is 11.9 Å². The molecule has 5 aliphatic rings. The van der Waals surface area contributed by atoms with Gasteiger partial charge in [0.15, 0.2) is 11.6 Å². The summed E-state index contributed by atoms with van der Waals surface area (Å²) >= 11 is 5.82. The number of pyridine rings is 1. The van der Waals surface area contributed by atoms with Gasteiger partial charge in [-0.05, 0) is 45.2 Å². The second-order valence-corrected chi connectivity index (χ2v) is 13.4. The van der Waals surface area contributed by atoms with Gasteiger partial charge in [0.05, 0.1) is 27.9 Å². The van der Waals surface area contributed by atoms with Crippen molar-refractivity contribution in [2.45, 2.75) is 81.1 Å². The van der Waals surface area contributed by atoms with Gasteiger partial charge in [-0.15, -0.1) is 0 Å². The highest BCUT2D eigenvalue weighted by Gasteiger charge is 2.50. The summed E-state index contributed by atoms with van der Waals surface area (Å²) in [7, 11) is 0. The van der Waals surface area contributed by atoms with Crippen LogP contribution in [0.2, 0.25) is 5.02 Å². The molecule has 8 rings (SSSR count). The molecule has 1 aromatic carbocycles. The lowest BCUT2D eigenvalue weighted by Gasteiger charge is -2.42. The number of nitrogens with one attached hydrogen (secondary N) is 1. The van der Waals surface area contributed by atoms with Gasteiger partial charge in [0, 0.05) is 37.2 Å². The number of nitrogens with two attached hydrogens (primary N) is 1. The number of rotatable bonds is 4. The Balaban J connectivity index is 1.33. The molecule has 2 bridgehead atoms. The lowest BCUT2D eigenvalue weighted by molar-refractivity contribution is -0.137. The number of alkyl halides is 4. The summed E-state index contributed by atoms with van der Waals surface area (Å²) in [5, 5.41) is 2.35. The van der Waals surface area contributed by atoms with Crippen molar-refractivity contribution < 1.29 is 35.8 Å². The molecule has 4 fully saturated rings. The molecule has 16 heteroatoms. The van der Waals surface area contributed by atoms with Crippen molar-refractivity contribution in [2.75, 3.05) is 36.9 Å². The predicted molar refractivity (Wildman–Crippen MR) is 157 cm³/mol. The van der Waals surface area contributed by atoms with Crippen molar-refractivity contribution in [3.63, 3.8) is 0 Å². The molecule has 2 aromatic heterocycles. The van der Waals surface area contributed by atoms with Crippen molar-refractivity contribution in [3.8, 4) is 23.1 Å². The molecule has 246 valence electrons. The molecular weight excluding hydrogens is 640 g/mol. The van der Waals surface area contributed by atoms with Crippen molar-refractivity contribution >= 4 is 34.0 Å². The number of hydrogen-bond acceptors (Lipinski definition) is 9. The van der Waals surface area contributed by atoms with E-state index in [4.69, 9.17) is 31.8 Å². The Morgan fingerprint density at radius 3 is 2.76 bits per heavy atom. The number of nitrogens with zero attached hydrogens (tertiary/aromatic N) is 5. The number of piperazine rings is 1. The first-order valence-electron chi connectivity index (χ1n) is 15.3. The molecule has 0 radical (unpaired) electrons. The number of anilines is 2. The van der Waals surface area contributed by atoms with Gasteiger partial charge in [0.1, 0.15) is 41.3 Å². The Morgan fingerprint density at radius 2 is 1.98 bits per heavy atom. The first-order chi connectivity index (χ1) is 21.8. The average Bonchev–Trinajstić information content (AvgIpc) is 3.63. The summed E-state index contributed by atoms with van der Waals surface area (Å²) < 4.78 is 101. The van der Waals surface area contributed by atoms with E-state index in [0.29, 0.717) is 25.6 Å². The highest BCUT2D eigenvalue weighted by Crippen LogP contribution is 2.48. The minimum Gasteiger partial charge on any atom is -0.472 e. The molecule has 6 atom stereocenters. The smallest absolute Gasteiger partial charge is 0.418 e. The lowest BCUT2D eigenvalue weighted by Crippen LogP contribution is -2.62. The van der Waals surface area contributed by atoms with Crippen LogP contribution in [-0.4, -0.2) is 82.0 Å². The molecule has 5 aliphatic heterocycles. The predicted octanol–water partition coefficient (Wildman–Crippen LogP) is 5.27. The maximum atomic E-state index is 16.7. The van der Waals surface area contributed by atoms with Gasteiger partial charge in [-0.2, -0.15) is 23.1 Å². The summed E-state index contributed by atoms with van der Waals surface area (Å²) in [6.45, 7) is 3.39. The summed E-state index contributed by atoms with van der Waals surface area (Å²) in [5.41, 5.74) is 0.698. The Kier molecular flexibility index (Phi) is 6.76. The van der Waals surface area contributed by atoms with E-state index in [1.165, 1.54) is 0 Å². The fraction of sp³-hybridized carbons (Fsp3) is 0.567. The van der Waals surface area contributed by atoms with Gasteiger partial charge in [0.2, 0.25) is 5.88 Å². The lowest BCUT2D eigenvalue weighted by atomic mass is 9.95. The molecule has 46 heavy (non-hydrogen) atoms. The number of hydrogen-bond donors (Lipinski definition) is 2. The number of benzene rings is 1. The van der Waals surface area contributed by atoms with E-state index < -0.39 is 63.2 Å². The van der Waals surface area contributed by atoms with Crippen LogP contribution in [0, 0.1) is 11.6 Å². The van der Waals surface area contributed by atoms with Gasteiger partial charge < -0.3 is 25.4 Å². The fourth-order valence-corrected chi connectivity index (χ4v) is 8.61. The zero-order valence-corrected chi connectivity index (χ0v) is 25.4. The van der Waals surface area contributed by atoms with Crippen LogP contribution in [0.15, 0.2) is 6.07 Å². The van der Waals surface area contributed by atoms with E-state index >= 15 is 4.39 Å². The standard InChI is InChI=1S/C30H30ClF6N7O2/c1-12-25-17-4-3-14(39-17)10-44(25)26-18-24(41-28(42-26)45-11-29-5-2-6-43(29)9-13(32)8-29)22(34)23(40-27(18)46-12)15-7-16(38)21(33)20(31)19(15)30(35,36)37/h7,12-14,17,25,39H,2-6,8-11,38H2,1H3/t12-,13+,14+,17-,25+,29-/m0/s1. The number of aromatic nitrogens is 3. The van der Waals surface area contributed by atoms with Crippen molar-refractivity contribution in [2.24, 2.45) is 0 Å². The maximum absolute atomic E-state index is 16.7. The highest BCUT2D eigenvalue weighted by atomic mass is 35.5. The van der Waals surface area contributed by atoms with Crippen LogP contribution >= 0.6 is 11.6 Å². The normalized spacial score (nSPS) is 30.3. The Hall–Kier alpha value is -3.30. The number of nitrogen functional groups attached to an aromatic ring is 1. The van der Waals surface area contributed by atoms with E-state index in [1.807, 2.05) is 4.90 Å².